The number of carbonyl (C=O) groups excluding carboxylic acids is 1. The number of ether oxygens (including phenoxy) is 1. The number of aryl methyl sites for hydroxylation is 1. The van der Waals surface area contributed by atoms with Gasteiger partial charge in [0.05, 0.1) is 18.8 Å². The summed E-state index contributed by atoms with van der Waals surface area (Å²) in [7, 11) is 0. The molecule has 1 N–H and O–H groups in total. The van der Waals surface area contributed by atoms with E-state index in [1.54, 1.807) is 23.1 Å². The number of benzene rings is 1. The quantitative estimate of drug-likeness (QED) is 0.837. The van der Waals surface area contributed by atoms with Crippen LogP contribution in [0.1, 0.15) is 17.2 Å². The van der Waals surface area contributed by atoms with Crippen LogP contribution >= 0.6 is 23.1 Å². The van der Waals surface area contributed by atoms with Crippen molar-refractivity contribution in [2.75, 3.05) is 31.3 Å². The van der Waals surface area contributed by atoms with Crippen LogP contribution < -0.4 is 5.32 Å². The Labute approximate surface area is 144 Å². The summed E-state index contributed by atoms with van der Waals surface area (Å²) in [4.78, 5) is 15.6. The highest BCUT2D eigenvalue weighted by Gasteiger charge is 2.26. The monoisotopic (exact) mass is 348 g/mol. The van der Waals surface area contributed by atoms with Crippen molar-refractivity contribution in [3.63, 3.8) is 0 Å². The van der Waals surface area contributed by atoms with E-state index in [0.717, 1.165) is 21.7 Å². The summed E-state index contributed by atoms with van der Waals surface area (Å²) >= 11 is 3.29. The Morgan fingerprint density at radius 2 is 2.30 bits per heavy atom. The minimum absolute atomic E-state index is 0.0300. The Morgan fingerprint density at radius 1 is 1.43 bits per heavy atom. The van der Waals surface area contributed by atoms with Gasteiger partial charge in [0, 0.05) is 11.4 Å². The molecular formula is C17H20N2O2S2. The fourth-order valence-electron chi connectivity index (χ4n) is 2.65. The number of urea groups is 1. The number of nitrogens with zero attached hydrogens (tertiary/aromatic N) is 1. The second kappa shape index (κ2) is 7.38. The molecule has 2 aromatic rings. The molecule has 1 atom stereocenters. The van der Waals surface area contributed by atoms with Crippen molar-refractivity contribution in [2.45, 2.75) is 17.9 Å². The fraction of sp³-hybridized carbons (Fsp3) is 0.353. The van der Waals surface area contributed by atoms with Gasteiger partial charge in [0.1, 0.15) is 6.10 Å². The van der Waals surface area contributed by atoms with E-state index < -0.39 is 0 Å². The third-order valence-corrected chi connectivity index (χ3v) is 5.44. The highest BCUT2D eigenvalue weighted by Crippen LogP contribution is 2.29. The van der Waals surface area contributed by atoms with Gasteiger partial charge in [-0.1, -0.05) is 12.1 Å². The van der Waals surface area contributed by atoms with Crippen molar-refractivity contribution in [1.29, 1.82) is 0 Å². The maximum Gasteiger partial charge on any atom is 0.322 e. The first-order valence-electron chi connectivity index (χ1n) is 7.52. The second-order valence-electron chi connectivity index (χ2n) is 5.44. The molecule has 122 valence electrons. The van der Waals surface area contributed by atoms with Crippen LogP contribution in [0.2, 0.25) is 0 Å². The molecule has 0 radical (unpaired) electrons. The van der Waals surface area contributed by atoms with Gasteiger partial charge in [0.25, 0.3) is 0 Å². The molecule has 0 saturated carbocycles. The van der Waals surface area contributed by atoms with Gasteiger partial charge < -0.3 is 15.0 Å². The van der Waals surface area contributed by atoms with Gasteiger partial charge in [0.2, 0.25) is 0 Å². The summed E-state index contributed by atoms with van der Waals surface area (Å²) < 4.78 is 5.80. The van der Waals surface area contributed by atoms with E-state index in [1.807, 2.05) is 41.7 Å². The molecule has 1 aliphatic heterocycles. The lowest BCUT2D eigenvalue weighted by Crippen LogP contribution is -2.44. The van der Waals surface area contributed by atoms with E-state index in [4.69, 9.17) is 4.74 Å². The van der Waals surface area contributed by atoms with Crippen LogP contribution in [0, 0.1) is 6.92 Å². The van der Waals surface area contributed by atoms with E-state index in [1.165, 1.54) is 0 Å². The van der Waals surface area contributed by atoms with Crippen LogP contribution in [-0.4, -0.2) is 36.9 Å². The zero-order valence-corrected chi connectivity index (χ0v) is 14.9. The lowest BCUT2D eigenvalue weighted by molar-refractivity contribution is -0.0132. The van der Waals surface area contributed by atoms with Gasteiger partial charge in [-0.2, -0.15) is 11.3 Å². The number of thioether (sulfide) groups is 1. The Bertz CT molecular complexity index is 673. The number of thiophene rings is 1. The van der Waals surface area contributed by atoms with E-state index >= 15 is 0 Å². The Morgan fingerprint density at radius 3 is 3.04 bits per heavy atom. The number of nitrogens with one attached hydrogen (secondary N) is 1. The third-order valence-electron chi connectivity index (χ3n) is 3.96. The number of hydrogen-bond donors (Lipinski definition) is 1. The van der Waals surface area contributed by atoms with Gasteiger partial charge in [-0.3, -0.25) is 0 Å². The molecule has 1 aromatic carbocycles. The molecular weight excluding hydrogens is 328 g/mol. The zero-order chi connectivity index (χ0) is 16.2. The number of hydrogen-bond acceptors (Lipinski definition) is 4. The smallest absolute Gasteiger partial charge is 0.322 e. The van der Waals surface area contributed by atoms with Gasteiger partial charge >= 0.3 is 6.03 Å². The summed E-state index contributed by atoms with van der Waals surface area (Å²) in [5.74, 6) is 0. The predicted molar refractivity (Wildman–Crippen MR) is 96.6 cm³/mol. The highest BCUT2D eigenvalue weighted by molar-refractivity contribution is 7.98. The molecule has 2 heterocycles. The van der Waals surface area contributed by atoms with Crippen LogP contribution in [0.15, 0.2) is 39.9 Å². The minimum atomic E-state index is -0.0573. The molecule has 1 saturated heterocycles. The van der Waals surface area contributed by atoms with Crippen molar-refractivity contribution in [1.82, 2.24) is 4.90 Å². The molecule has 6 heteroatoms. The lowest BCUT2D eigenvalue weighted by Gasteiger charge is -2.33. The molecule has 1 aromatic heterocycles. The summed E-state index contributed by atoms with van der Waals surface area (Å²) in [6.07, 6.45) is 1.99. The molecule has 2 amide bonds. The molecule has 4 nitrogen and oxygen atoms in total. The number of rotatable bonds is 3. The van der Waals surface area contributed by atoms with Crippen LogP contribution in [0.3, 0.4) is 0 Å². The Kier molecular flexibility index (Phi) is 5.25. The van der Waals surface area contributed by atoms with Crippen LogP contribution in [0.5, 0.6) is 0 Å². The highest BCUT2D eigenvalue weighted by atomic mass is 32.2. The number of morpholine rings is 1. The molecule has 0 aliphatic carbocycles. The zero-order valence-electron chi connectivity index (χ0n) is 13.2. The van der Waals surface area contributed by atoms with Gasteiger partial charge in [-0.15, -0.1) is 11.8 Å². The molecule has 0 unspecified atom stereocenters. The van der Waals surface area contributed by atoms with Crippen molar-refractivity contribution in [3.8, 4) is 0 Å². The SMILES string of the molecule is CSc1cccc(C)c1NC(=O)N1CCO[C@@H](c2ccsc2)C1. The summed E-state index contributed by atoms with van der Waals surface area (Å²) in [6.45, 7) is 3.79. The largest absolute Gasteiger partial charge is 0.370 e. The summed E-state index contributed by atoms with van der Waals surface area (Å²) in [5.41, 5.74) is 3.13. The Balaban J connectivity index is 1.71. The van der Waals surface area contributed by atoms with E-state index in [0.29, 0.717) is 19.7 Å². The average Bonchev–Trinajstić information content (AvgIpc) is 3.11. The van der Waals surface area contributed by atoms with Crippen molar-refractivity contribution in [2.24, 2.45) is 0 Å². The number of carbonyl (C=O) groups is 1. The third kappa shape index (κ3) is 3.71. The average molecular weight is 348 g/mol. The van der Waals surface area contributed by atoms with Crippen molar-refractivity contribution >= 4 is 34.8 Å². The van der Waals surface area contributed by atoms with Gasteiger partial charge in [-0.25, -0.2) is 4.79 Å². The topological polar surface area (TPSA) is 41.6 Å². The van der Waals surface area contributed by atoms with Crippen LogP contribution in [0.25, 0.3) is 0 Å². The van der Waals surface area contributed by atoms with E-state index in [-0.39, 0.29) is 12.1 Å². The molecule has 0 spiro atoms. The normalized spacial score (nSPS) is 18.0. The second-order valence-corrected chi connectivity index (χ2v) is 7.07. The van der Waals surface area contributed by atoms with Crippen LogP contribution in [0.4, 0.5) is 10.5 Å². The van der Waals surface area contributed by atoms with Gasteiger partial charge in [-0.05, 0) is 47.2 Å². The molecule has 23 heavy (non-hydrogen) atoms. The first-order valence-corrected chi connectivity index (χ1v) is 9.69. The molecule has 1 fully saturated rings. The molecule has 3 rings (SSSR count). The fourth-order valence-corrected chi connectivity index (χ4v) is 3.98. The van der Waals surface area contributed by atoms with Crippen molar-refractivity contribution in [3.05, 3.63) is 46.2 Å². The van der Waals surface area contributed by atoms with Gasteiger partial charge in [0.15, 0.2) is 0 Å². The summed E-state index contributed by atoms with van der Waals surface area (Å²) in [5, 5.41) is 7.20. The lowest BCUT2D eigenvalue weighted by atomic mass is 10.1. The van der Waals surface area contributed by atoms with E-state index in [2.05, 4.69) is 16.8 Å². The summed E-state index contributed by atoms with van der Waals surface area (Å²) in [6, 6.07) is 8.06. The maximum atomic E-state index is 12.7. The number of para-hydroxylation sites is 1. The minimum Gasteiger partial charge on any atom is -0.370 e. The molecule has 0 bridgehead atoms. The first-order chi connectivity index (χ1) is 11.2. The van der Waals surface area contributed by atoms with Crippen molar-refractivity contribution < 1.29 is 9.53 Å². The Hall–Kier alpha value is -1.50. The van der Waals surface area contributed by atoms with Crippen LogP contribution in [-0.2, 0) is 4.74 Å². The first kappa shape index (κ1) is 16.4. The predicted octanol–water partition coefficient (Wildman–Crippen LogP) is 4.38. The molecule has 1 aliphatic rings. The standard InChI is InChI=1S/C17H20N2O2S2/c1-12-4-3-5-15(22-2)16(12)18-17(20)19-7-8-21-14(10-19)13-6-9-23-11-13/h3-6,9,11,14H,7-8,10H2,1-2H3,(H,18,20)/t14-/m1/s1. The van der Waals surface area contributed by atoms with E-state index in [9.17, 15) is 4.79 Å². The maximum absolute atomic E-state index is 12.7. The number of anilines is 1. The number of amides is 2.